The van der Waals surface area contributed by atoms with Crippen molar-refractivity contribution in [2.24, 2.45) is 0 Å². The van der Waals surface area contributed by atoms with Crippen LogP contribution in [0.4, 0.5) is 4.79 Å². The highest BCUT2D eigenvalue weighted by Crippen LogP contribution is 2.38. The topological polar surface area (TPSA) is 55.1 Å². The first-order valence-electron chi connectivity index (χ1n) is 12.6. The van der Waals surface area contributed by atoms with Crippen LogP contribution in [-0.2, 0) is 13.1 Å². The van der Waals surface area contributed by atoms with Crippen LogP contribution in [0.5, 0.6) is 0 Å². The first-order chi connectivity index (χ1) is 18.1. The van der Waals surface area contributed by atoms with Gasteiger partial charge in [-0.15, -0.1) is 0 Å². The Hall–Kier alpha value is -4.58. The largest absolute Gasteiger partial charge is 0.334 e. The molecule has 2 amide bonds. The summed E-state index contributed by atoms with van der Waals surface area (Å²) < 4.78 is 4.18. The molecule has 3 heterocycles. The molecule has 1 N–H and O–H groups in total. The van der Waals surface area contributed by atoms with Gasteiger partial charge in [0.2, 0.25) is 0 Å². The van der Waals surface area contributed by atoms with Gasteiger partial charge in [-0.05, 0) is 49.2 Å². The molecule has 6 rings (SSSR count). The molecular weight excluding hydrogens is 458 g/mol. The Balaban J connectivity index is 1.46. The molecule has 1 atom stereocenters. The quantitative estimate of drug-likeness (QED) is 0.333. The van der Waals surface area contributed by atoms with Crippen molar-refractivity contribution in [2.45, 2.75) is 33.0 Å². The molecule has 0 fully saturated rings. The number of nitrogens with zero attached hydrogens (tertiary/aromatic N) is 4. The molecule has 1 aliphatic rings. The molecule has 0 spiro atoms. The summed E-state index contributed by atoms with van der Waals surface area (Å²) in [6.07, 6.45) is 2.07. The third-order valence-corrected chi connectivity index (χ3v) is 7.03. The predicted molar refractivity (Wildman–Crippen MR) is 145 cm³/mol. The number of amides is 2. The first kappa shape index (κ1) is 22.9. The number of nitrogens with one attached hydrogen (secondary N) is 1. The molecule has 2 aromatic heterocycles. The van der Waals surface area contributed by atoms with E-state index in [0.29, 0.717) is 13.1 Å². The van der Waals surface area contributed by atoms with Crippen LogP contribution in [0.3, 0.4) is 0 Å². The van der Waals surface area contributed by atoms with Gasteiger partial charge in [0.1, 0.15) is 5.82 Å². The number of benzene rings is 3. The molecule has 3 aromatic carbocycles. The van der Waals surface area contributed by atoms with Crippen molar-refractivity contribution in [1.29, 1.82) is 0 Å². The highest BCUT2D eigenvalue weighted by Gasteiger charge is 2.35. The fourth-order valence-corrected chi connectivity index (χ4v) is 5.12. The third-order valence-electron chi connectivity index (χ3n) is 7.03. The zero-order valence-corrected chi connectivity index (χ0v) is 21.0. The first-order valence-corrected chi connectivity index (χ1v) is 12.6. The predicted octanol–water partition coefficient (Wildman–Crippen LogP) is 6.09. The Morgan fingerprint density at radius 3 is 2.32 bits per heavy atom. The lowest BCUT2D eigenvalue weighted by Gasteiger charge is -2.31. The number of aromatic nitrogens is 3. The van der Waals surface area contributed by atoms with Crippen LogP contribution in [0.15, 0.2) is 103 Å². The Morgan fingerprint density at radius 2 is 1.59 bits per heavy atom. The van der Waals surface area contributed by atoms with Gasteiger partial charge >= 0.3 is 6.03 Å². The zero-order valence-electron chi connectivity index (χ0n) is 21.0. The number of aryl methyl sites for hydroxylation is 2. The van der Waals surface area contributed by atoms with Crippen LogP contribution in [0.2, 0.25) is 0 Å². The molecule has 6 nitrogen and oxygen atoms in total. The number of hydrogen-bond donors (Lipinski definition) is 1. The van der Waals surface area contributed by atoms with Crippen molar-refractivity contribution in [3.63, 3.8) is 0 Å². The number of para-hydroxylation sites is 1. The number of rotatable bonds is 4. The minimum atomic E-state index is -0.259. The number of hydrogen-bond acceptors (Lipinski definition) is 2. The maximum absolute atomic E-state index is 13.9. The van der Waals surface area contributed by atoms with E-state index < -0.39 is 0 Å². The monoisotopic (exact) mass is 487 g/mol. The Kier molecular flexibility index (Phi) is 5.85. The van der Waals surface area contributed by atoms with Gasteiger partial charge in [0.25, 0.3) is 0 Å². The standard InChI is InChI=1S/C31H29N5O/c1-22-15-17-24(18-16-22)20-32-31(37)35-21-27-23(2)33-36(26-12-7-4-8-13-26)30(27)34-19-9-14-28(34)29(35)25-10-5-3-6-11-25/h3-19,29H,20-21H2,1-2H3,(H,32,37)/t29-/m1/s1. The Bertz CT molecular complexity index is 1530. The van der Waals surface area contributed by atoms with Crippen LogP contribution in [0.25, 0.3) is 11.5 Å². The number of carbonyl (C=O) groups is 1. The van der Waals surface area contributed by atoms with E-state index in [1.165, 1.54) is 5.56 Å². The summed E-state index contributed by atoms with van der Waals surface area (Å²) in [7, 11) is 0. The van der Waals surface area contributed by atoms with Crippen LogP contribution in [0.1, 0.15) is 39.7 Å². The lowest BCUT2D eigenvalue weighted by atomic mass is 10.0. The van der Waals surface area contributed by atoms with Gasteiger partial charge in [0.05, 0.1) is 29.7 Å². The van der Waals surface area contributed by atoms with E-state index in [1.807, 2.05) is 59.0 Å². The molecule has 37 heavy (non-hydrogen) atoms. The summed E-state index contributed by atoms with van der Waals surface area (Å²) in [6.45, 7) is 4.99. The second-order valence-corrected chi connectivity index (χ2v) is 9.52. The van der Waals surface area contributed by atoms with Crippen molar-refractivity contribution >= 4 is 6.03 Å². The molecule has 6 heteroatoms. The van der Waals surface area contributed by atoms with E-state index in [2.05, 4.69) is 77.6 Å². The Labute approximate surface area is 216 Å². The van der Waals surface area contributed by atoms with Gasteiger partial charge in [0.15, 0.2) is 0 Å². The van der Waals surface area contributed by atoms with Gasteiger partial charge in [-0.3, -0.25) is 0 Å². The number of fused-ring (bicyclic) bond motifs is 3. The fourth-order valence-electron chi connectivity index (χ4n) is 5.12. The van der Waals surface area contributed by atoms with E-state index >= 15 is 0 Å². The van der Waals surface area contributed by atoms with Gasteiger partial charge < -0.3 is 14.8 Å². The molecule has 1 aliphatic heterocycles. The fraction of sp³-hybridized carbons (Fsp3) is 0.161. The molecule has 184 valence electrons. The van der Waals surface area contributed by atoms with E-state index in [-0.39, 0.29) is 12.1 Å². The van der Waals surface area contributed by atoms with Crippen molar-refractivity contribution in [3.05, 3.63) is 137 Å². The lowest BCUT2D eigenvalue weighted by Crippen LogP contribution is -2.41. The minimum absolute atomic E-state index is 0.109. The highest BCUT2D eigenvalue weighted by molar-refractivity contribution is 5.76. The summed E-state index contributed by atoms with van der Waals surface area (Å²) in [6, 6.07) is 32.4. The second-order valence-electron chi connectivity index (χ2n) is 9.52. The lowest BCUT2D eigenvalue weighted by molar-refractivity contribution is 0.180. The van der Waals surface area contributed by atoms with Crippen LogP contribution in [-0.4, -0.2) is 25.3 Å². The maximum atomic E-state index is 13.9. The number of urea groups is 1. The van der Waals surface area contributed by atoms with Crippen LogP contribution >= 0.6 is 0 Å². The molecule has 0 unspecified atom stereocenters. The average molecular weight is 488 g/mol. The van der Waals surface area contributed by atoms with Gasteiger partial charge in [-0.25, -0.2) is 9.48 Å². The Morgan fingerprint density at radius 1 is 0.892 bits per heavy atom. The summed E-state index contributed by atoms with van der Waals surface area (Å²) >= 11 is 0. The van der Waals surface area contributed by atoms with Gasteiger partial charge in [0, 0.05) is 18.3 Å². The molecule has 5 aromatic rings. The van der Waals surface area contributed by atoms with E-state index in [9.17, 15) is 4.79 Å². The minimum Gasteiger partial charge on any atom is -0.334 e. The molecule has 0 saturated carbocycles. The molecular formula is C31H29N5O. The van der Waals surface area contributed by atoms with Crippen molar-refractivity contribution < 1.29 is 4.79 Å². The summed E-state index contributed by atoms with van der Waals surface area (Å²) in [5.41, 5.74) is 7.28. The second kappa shape index (κ2) is 9.47. The molecule has 0 bridgehead atoms. The van der Waals surface area contributed by atoms with Gasteiger partial charge in [-0.2, -0.15) is 5.10 Å². The maximum Gasteiger partial charge on any atom is 0.318 e. The molecule has 0 aliphatic carbocycles. The van der Waals surface area contributed by atoms with E-state index in [0.717, 1.165) is 39.6 Å². The van der Waals surface area contributed by atoms with Crippen molar-refractivity contribution in [3.8, 4) is 11.5 Å². The summed E-state index contributed by atoms with van der Waals surface area (Å²) in [5, 5.41) is 8.09. The average Bonchev–Trinajstić information content (AvgIpc) is 3.49. The number of carbonyl (C=O) groups excluding carboxylic acids is 1. The molecule has 0 saturated heterocycles. The van der Waals surface area contributed by atoms with E-state index in [1.54, 1.807) is 0 Å². The van der Waals surface area contributed by atoms with Crippen LogP contribution in [0, 0.1) is 13.8 Å². The normalized spacial score (nSPS) is 14.5. The van der Waals surface area contributed by atoms with Crippen LogP contribution < -0.4 is 5.32 Å². The summed E-state index contributed by atoms with van der Waals surface area (Å²) in [5.74, 6) is 0.971. The molecule has 0 radical (unpaired) electrons. The summed E-state index contributed by atoms with van der Waals surface area (Å²) in [4.78, 5) is 15.8. The van der Waals surface area contributed by atoms with Crippen molar-refractivity contribution in [1.82, 2.24) is 24.6 Å². The van der Waals surface area contributed by atoms with Crippen molar-refractivity contribution in [2.75, 3.05) is 0 Å². The van der Waals surface area contributed by atoms with Gasteiger partial charge in [-0.1, -0.05) is 78.4 Å². The smallest absolute Gasteiger partial charge is 0.318 e. The third kappa shape index (κ3) is 4.20. The van der Waals surface area contributed by atoms with E-state index in [4.69, 9.17) is 5.10 Å². The zero-order chi connectivity index (χ0) is 25.4. The SMILES string of the molecule is Cc1ccc(CNC(=O)N2Cc3c(C)nn(-c4ccccc4)c3-n3cccc3[C@H]2c2ccccc2)cc1. The highest BCUT2D eigenvalue weighted by atomic mass is 16.2.